The van der Waals surface area contributed by atoms with Gasteiger partial charge in [-0.15, -0.1) is 0 Å². The summed E-state index contributed by atoms with van der Waals surface area (Å²) in [6.07, 6.45) is 4.17. The summed E-state index contributed by atoms with van der Waals surface area (Å²) in [6, 6.07) is 6.10. The van der Waals surface area contributed by atoms with E-state index < -0.39 is 6.10 Å². The minimum absolute atomic E-state index is 0.133. The van der Waals surface area contributed by atoms with E-state index in [1.54, 1.807) is 13.3 Å². The molecule has 0 amide bonds. The predicted molar refractivity (Wildman–Crippen MR) is 120 cm³/mol. The van der Waals surface area contributed by atoms with Crippen molar-refractivity contribution in [2.75, 3.05) is 5.32 Å². The SMILES string of the molecule is CCCC[C@H](Nc1nc(Oc2ccc(C)cc2C)c2ncn(C(C)C)c2n1)[C@@H](C)O. The Kier molecular flexibility index (Phi) is 6.92. The Bertz CT molecular complexity index is 997. The lowest BCUT2D eigenvalue weighted by Crippen LogP contribution is -2.32. The number of nitrogens with zero attached hydrogens (tertiary/aromatic N) is 4. The van der Waals surface area contributed by atoms with Crippen LogP contribution in [0.4, 0.5) is 5.95 Å². The third-order valence-electron chi connectivity index (χ3n) is 5.25. The van der Waals surface area contributed by atoms with Gasteiger partial charge in [0.2, 0.25) is 5.95 Å². The van der Waals surface area contributed by atoms with Crippen LogP contribution in [0.3, 0.4) is 0 Å². The largest absolute Gasteiger partial charge is 0.437 e. The van der Waals surface area contributed by atoms with E-state index in [0.717, 1.165) is 30.6 Å². The van der Waals surface area contributed by atoms with E-state index in [9.17, 15) is 5.11 Å². The number of aliphatic hydroxyl groups is 1. The summed E-state index contributed by atoms with van der Waals surface area (Å²) in [7, 11) is 0. The first-order valence-corrected chi connectivity index (χ1v) is 10.7. The van der Waals surface area contributed by atoms with Crippen molar-refractivity contribution in [3.05, 3.63) is 35.7 Å². The van der Waals surface area contributed by atoms with Gasteiger partial charge in [0.1, 0.15) is 5.75 Å². The molecule has 2 atom stereocenters. The Morgan fingerprint density at radius 2 is 1.93 bits per heavy atom. The molecule has 0 bridgehead atoms. The monoisotopic (exact) mass is 411 g/mol. The van der Waals surface area contributed by atoms with E-state index in [4.69, 9.17) is 9.72 Å². The highest BCUT2D eigenvalue weighted by Gasteiger charge is 2.20. The molecule has 7 nitrogen and oxygen atoms in total. The summed E-state index contributed by atoms with van der Waals surface area (Å²) >= 11 is 0. The van der Waals surface area contributed by atoms with E-state index in [1.165, 1.54) is 5.56 Å². The Balaban J connectivity index is 2.04. The van der Waals surface area contributed by atoms with Crippen molar-refractivity contribution in [3.63, 3.8) is 0 Å². The van der Waals surface area contributed by atoms with Gasteiger partial charge in [-0.1, -0.05) is 37.5 Å². The third kappa shape index (κ3) is 4.90. The standard InChI is InChI=1S/C23H33N5O2/c1-7-8-9-18(17(6)29)25-23-26-21-20(24-13-28(21)14(2)3)22(27-23)30-19-11-10-15(4)12-16(19)5/h10-14,17-18,29H,7-9H2,1-6H3,(H,25,26,27)/t17-,18+/m1/s1. The highest BCUT2D eigenvalue weighted by Crippen LogP contribution is 2.31. The number of ether oxygens (including phenoxy) is 1. The van der Waals surface area contributed by atoms with Crippen LogP contribution < -0.4 is 10.1 Å². The molecule has 3 rings (SSSR count). The summed E-state index contributed by atoms with van der Waals surface area (Å²) in [6.45, 7) is 12.2. The van der Waals surface area contributed by atoms with Crippen LogP contribution in [-0.4, -0.2) is 36.8 Å². The summed E-state index contributed by atoms with van der Waals surface area (Å²) in [5, 5.41) is 13.5. The first-order valence-electron chi connectivity index (χ1n) is 10.7. The zero-order valence-electron chi connectivity index (χ0n) is 18.8. The van der Waals surface area contributed by atoms with Gasteiger partial charge >= 0.3 is 0 Å². The Morgan fingerprint density at radius 3 is 2.57 bits per heavy atom. The number of nitrogens with one attached hydrogen (secondary N) is 1. The van der Waals surface area contributed by atoms with E-state index in [-0.39, 0.29) is 12.1 Å². The third-order valence-corrected chi connectivity index (χ3v) is 5.25. The van der Waals surface area contributed by atoms with Crippen LogP contribution in [0.2, 0.25) is 0 Å². The van der Waals surface area contributed by atoms with Crippen LogP contribution in [0.5, 0.6) is 11.6 Å². The molecular weight excluding hydrogens is 378 g/mol. The second-order valence-corrected chi connectivity index (χ2v) is 8.27. The first kappa shape index (κ1) is 22.0. The van der Waals surface area contributed by atoms with Gasteiger partial charge in [0.05, 0.1) is 18.5 Å². The maximum atomic E-state index is 10.2. The van der Waals surface area contributed by atoms with Crippen LogP contribution in [0.15, 0.2) is 24.5 Å². The Hall–Kier alpha value is -2.67. The molecule has 1 aromatic carbocycles. The van der Waals surface area contributed by atoms with E-state index in [0.29, 0.717) is 23.0 Å². The fourth-order valence-electron chi connectivity index (χ4n) is 3.45. The number of aliphatic hydroxyl groups excluding tert-OH is 1. The second-order valence-electron chi connectivity index (χ2n) is 8.27. The lowest BCUT2D eigenvalue weighted by Gasteiger charge is -2.21. The number of hydrogen-bond acceptors (Lipinski definition) is 6. The molecule has 3 aromatic rings. The molecule has 0 aliphatic rings. The van der Waals surface area contributed by atoms with E-state index in [2.05, 4.69) is 49.0 Å². The maximum Gasteiger partial charge on any atom is 0.252 e. The number of fused-ring (bicyclic) bond motifs is 1. The van der Waals surface area contributed by atoms with Crippen molar-refractivity contribution in [3.8, 4) is 11.6 Å². The highest BCUT2D eigenvalue weighted by molar-refractivity contribution is 5.78. The predicted octanol–water partition coefficient (Wildman–Crippen LogP) is 5.17. The van der Waals surface area contributed by atoms with Crippen LogP contribution in [-0.2, 0) is 0 Å². The molecule has 7 heteroatoms. The summed E-state index contributed by atoms with van der Waals surface area (Å²) in [5.74, 6) is 1.59. The average Bonchev–Trinajstić information content (AvgIpc) is 3.11. The molecule has 0 aliphatic heterocycles. The topological polar surface area (TPSA) is 85.1 Å². The van der Waals surface area contributed by atoms with Crippen molar-refractivity contribution >= 4 is 17.1 Å². The van der Waals surface area contributed by atoms with Crippen molar-refractivity contribution < 1.29 is 9.84 Å². The molecule has 2 heterocycles. The molecule has 0 spiro atoms. The minimum atomic E-state index is -0.519. The fourth-order valence-corrected chi connectivity index (χ4v) is 3.45. The molecule has 2 aromatic heterocycles. The number of anilines is 1. The summed E-state index contributed by atoms with van der Waals surface area (Å²) < 4.78 is 8.21. The number of unbranched alkanes of at least 4 members (excludes halogenated alkanes) is 1. The first-order chi connectivity index (χ1) is 14.3. The lowest BCUT2D eigenvalue weighted by molar-refractivity contribution is 0.166. The van der Waals surface area contributed by atoms with Crippen LogP contribution in [0, 0.1) is 13.8 Å². The van der Waals surface area contributed by atoms with E-state index in [1.807, 2.05) is 23.6 Å². The minimum Gasteiger partial charge on any atom is -0.437 e. The quantitative estimate of drug-likeness (QED) is 0.505. The zero-order valence-corrected chi connectivity index (χ0v) is 18.8. The van der Waals surface area contributed by atoms with Gasteiger partial charge < -0.3 is 19.7 Å². The molecule has 2 N–H and O–H groups in total. The van der Waals surface area contributed by atoms with Crippen molar-refractivity contribution in [2.24, 2.45) is 0 Å². The van der Waals surface area contributed by atoms with Gasteiger partial charge in [-0.05, 0) is 52.7 Å². The van der Waals surface area contributed by atoms with Crippen molar-refractivity contribution in [1.29, 1.82) is 0 Å². The average molecular weight is 412 g/mol. The number of aryl methyl sites for hydroxylation is 2. The Labute approximate surface area is 178 Å². The lowest BCUT2D eigenvalue weighted by atomic mass is 10.1. The molecule has 0 saturated heterocycles. The summed E-state index contributed by atoms with van der Waals surface area (Å²) in [4.78, 5) is 13.9. The number of imidazole rings is 1. The number of hydrogen-bond donors (Lipinski definition) is 2. The number of benzene rings is 1. The van der Waals surface area contributed by atoms with Gasteiger partial charge in [0, 0.05) is 6.04 Å². The highest BCUT2D eigenvalue weighted by atomic mass is 16.5. The molecule has 162 valence electrons. The van der Waals surface area contributed by atoms with Crippen molar-refractivity contribution in [2.45, 2.75) is 79.0 Å². The molecule has 0 radical (unpaired) electrons. The van der Waals surface area contributed by atoms with Crippen LogP contribution >= 0.6 is 0 Å². The van der Waals surface area contributed by atoms with Gasteiger partial charge in [-0.25, -0.2) is 4.98 Å². The Morgan fingerprint density at radius 1 is 1.17 bits per heavy atom. The molecule has 30 heavy (non-hydrogen) atoms. The van der Waals surface area contributed by atoms with Gasteiger partial charge in [0.15, 0.2) is 11.2 Å². The molecule has 0 fully saturated rings. The maximum absolute atomic E-state index is 10.2. The molecule has 0 saturated carbocycles. The van der Waals surface area contributed by atoms with Gasteiger partial charge in [-0.3, -0.25) is 0 Å². The second kappa shape index (κ2) is 9.43. The summed E-state index contributed by atoms with van der Waals surface area (Å²) in [5.41, 5.74) is 3.54. The zero-order chi connectivity index (χ0) is 21.8. The normalized spacial score (nSPS) is 13.6. The van der Waals surface area contributed by atoms with Crippen LogP contribution in [0.1, 0.15) is 64.1 Å². The molecular formula is C23H33N5O2. The smallest absolute Gasteiger partial charge is 0.252 e. The van der Waals surface area contributed by atoms with Gasteiger partial charge in [-0.2, -0.15) is 9.97 Å². The molecule has 0 aliphatic carbocycles. The number of aromatic nitrogens is 4. The van der Waals surface area contributed by atoms with Gasteiger partial charge in [0.25, 0.3) is 5.88 Å². The van der Waals surface area contributed by atoms with E-state index >= 15 is 0 Å². The van der Waals surface area contributed by atoms with Crippen molar-refractivity contribution in [1.82, 2.24) is 19.5 Å². The molecule has 0 unspecified atom stereocenters. The number of rotatable bonds is 9. The van der Waals surface area contributed by atoms with Crippen LogP contribution in [0.25, 0.3) is 11.2 Å². The fraction of sp³-hybridized carbons (Fsp3) is 0.522.